The topological polar surface area (TPSA) is 40.5 Å². The van der Waals surface area contributed by atoms with Gasteiger partial charge >= 0.3 is 0 Å². The molecule has 652 valence electrons. The molecule has 8 rings (SSSR count). The molecule has 0 saturated heterocycles. The lowest BCUT2D eigenvalue weighted by atomic mass is 9.77. The molecule has 0 fully saturated rings. The summed E-state index contributed by atoms with van der Waals surface area (Å²) in [7, 11) is 0. The van der Waals surface area contributed by atoms with Crippen molar-refractivity contribution >= 4 is 63.9 Å². The van der Waals surface area contributed by atoms with Gasteiger partial charge in [0.25, 0.3) is 0 Å². The van der Waals surface area contributed by atoms with Crippen LogP contribution in [0.4, 0.5) is 0 Å². The minimum absolute atomic E-state index is 0.878. The van der Waals surface area contributed by atoms with Crippen LogP contribution in [0.1, 0.15) is 469 Å². The Morgan fingerprint density at radius 3 is 0.559 bits per heavy atom. The van der Waals surface area contributed by atoms with Crippen molar-refractivity contribution in [1.82, 2.24) is 0 Å². The largest absolute Gasteiger partial charge is 0.376 e. The molecular formula is C112H166Br2O2S2. The van der Waals surface area contributed by atoms with Gasteiger partial charge in [0, 0.05) is 39.2 Å². The van der Waals surface area contributed by atoms with Crippen LogP contribution in [0.5, 0.6) is 0 Å². The molecular weight excluding hydrogens is 1600 g/mol. The highest BCUT2D eigenvalue weighted by Gasteiger charge is 2.39. The minimum atomic E-state index is -1.44. The Kier molecular flexibility index (Phi) is 51.5. The number of hydrogen-bond acceptors (Lipinski definition) is 4. The predicted molar refractivity (Wildman–Crippen MR) is 530 cm³/mol. The Morgan fingerprint density at radius 1 is 0.212 bits per heavy atom. The lowest BCUT2D eigenvalue weighted by Crippen LogP contribution is -2.29. The highest BCUT2D eigenvalue weighted by atomic mass is 79.9. The van der Waals surface area contributed by atoms with Gasteiger partial charge in [-0.25, -0.2) is 0 Å². The molecule has 6 aromatic carbocycles. The Balaban J connectivity index is 0.971. The van der Waals surface area contributed by atoms with Crippen LogP contribution in [-0.4, -0.2) is 10.2 Å². The van der Waals surface area contributed by atoms with Crippen molar-refractivity contribution in [3.8, 4) is 20.9 Å². The van der Waals surface area contributed by atoms with Crippen molar-refractivity contribution < 1.29 is 10.2 Å². The second kappa shape index (κ2) is 61.2. The third kappa shape index (κ3) is 36.6. The van der Waals surface area contributed by atoms with Crippen LogP contribution in [0, 0.1) is 0 Å². The van der Waals surface area contributed by atoms with Crippen molar-refractivity contribution in [1.29, 1.82) is 0 Å². The normalized spacial score (nSPS) is 12.0. The summed E-state index contributed by atoms with van der Waals surface area (Å²) < 4.78 is 4.28. The third-order valence-corrected chi connectivity index (χ3v) is 29.6. The molecule has 0 aliphatic rings. The molecule has 0 aliphatic carbocycles. The summed E-state index contributed by atoms with van der Waals surface area (Å²) in [6.07, 6.45) is 86.4. The second-order valence-corrected chi connectivity index (χ2v) is 40.3. The smallest absolute Gasteiger partial charge is 0.141 e. The summed E-state index contributed by atoms with van der Waals surface area (Å²) in [5.41, 5.74) is 9.88. The maximum atomic E-state index is 14.1. The Labute approximate surface area is 749 Å². The van der Waals surface area contributed by atoms with Gasteiger partial charge in [0.1, 0.15) is 11.2 Å². The van der Waals surface area contributed by atoms with Crippen LogP contribution in [0.2, 0.25) is 0 Å². The van der Waals surface area contributed by atoms with Gasteiger partial charge in [-0.05, 0) is 143 Å². The molecule has 0 saturated carbocycles. The van der Waals surface area contributed by atoms with E-state index in [0.717, 1.165) is 88.9 Å². The first-order chi connectivity index (χ1) is 58.1. The SMILES string of the molecule is CCCCCCCCCCCCCCCCCCc1ccc(C(O)(c2ccc(CCCCCCCCCCCCCCCCCC)cc2)c2cc(Br)ccc2-c2cc3sc(-c4ccc(Br)cc4C(O)(c4ccc(CCCCCCCCCCCCCCCC)cc4)c4ccc(CCCCCCCCCCCCCCCC)cc4)cc3s2)cc1. The van der Waals surface area contributed by atoms with Crippen molar-refractivity contribution in [3.05, 3.63) is 210 Å². The number of fused-ring (bicyclic) bond motifs is 1. The molecule has 0 aliphatic heterocycles. The predicted octanol–water partition coefficient (Wildman–Crippen LogP) is 38.0. The zero-order chi connectivity index (χ0) is 83.0. The first kappa shape index (κ1) is 99.3. The molecule has 2 N–H and O–H groups in total. The van der Waals surface area contributed by atoms with E-state index in [2.05, 4.69) is 205 Å². The average molecular weight is 1770 g/mol. The Hall–Kier alpha value is -4.14. The van der Waals surface area contributed by atoms with Crippen LogP contribution in [-0.2, 0) is 36.9 Å². The van der Waals surface area contributed by atoms with Gasteiger partial charge in [-0.1, -0.05) is 528 Å². The number of unbranched alkanes of at least 4 members (excludes halogenated alkanes) is 56. The van der Waals surface area contributed by atoms with Crippen LogP contribution in [0.3, 0.4) is 0 Å². The fourth-order valence-electron chi connectivity index (χ4n) is 18.6. The van der Waals surface area contributed by atoms with Gasteiger partial charge in [0.15, 0.2) is 0 Å². The van der Waals surface area contributed by atoms with E-state index in [1.54, 1.807) is 22.7 Å². The highest BCUT2D eigenvalue weighted by molar-refractivity contribution is 9.10. The quantitative estimate of drug-likeness (QED) is 0.0295. The summed E-state index contributed by atoms with van der Waals surface area (Å²) in [6.45, 7) is 9.23. The second-order valence-electron chi connectivity index (χ2n) is 36.3. The lowest BCUT2D eigenvalue weighted by Gasteiger charge is -2.32. The van der Waals surface area contributed by atoms with Crippen LogP contribution in [0.25, 0.3) is 30.3 Å². The van der Waals surface area contributed by atoms with E-state index < -0.39 is 11.2 Å². The molecule has 0 amide bonds. The highest BCUT2D eigenvalue weighted by Crippen LogP contribution is 2.51. The standard InChI is InChI=1S/C112H166Br2O2S2/c1-5-9-13-17-21-25-29-33-37-39-43-47-51-55-59-63-67-95-73-81-99(82-74-95)112(116,100-83-75-96(76-84-100)68-64-60-56-52-48-44-40-38-34-30-26-22-18-14-10-6-2)106-90-102(114)86-88-104(106)108-92-110-109(118-108)91-107(117-110)103-87-85-101(113)89-105(103)111(115,97-77-69-93(70-78-97)65-61-57-53-49-45-41-35-31-27-23-19-15-11-7-3)98-79-71-94(72-80-98)66-62-58-54-50-46-42-36-32-28-24-20-16-12-8-4/h69-92,115-116H,5-68H2,1-4H3. The first-order valence-electron chi connectivity index (χ1n) is 50.1. The van der Waals surface area contributed by atoms with Crippen molar-refractivity contribution in [2.75, 3.05) is 0 Å². The molecule has 0 unspecified atom stereocenters. The molecule has 0 radical (unpaired) electrons. The fraction of sp³-hybridized carbons (Fsp3) is 0.625. The van der Waals surface area contributed by atoms with E-state index >= 15 is 0 Å². The van der Waals surface area contributed by atoms with Gasteiger partial charge in [-0.15, -0.1) is 22.7 Å². The summed E-state index contributed by atoms with van der Waals surface area (Å²) in [6, 6.07) is 53.9. The van der Waals surface area contributed by atoms with Gasteiger partial charge < -0.3 is 10.2 Å². The molecule has 0 spiro atoms. The monoisotopic (exact) mass is 1770 g/mol. The number of aliphatic hydroxyl groups is 2. The molecule has 6 heteroatoms. The first-order valence-corrected chi connectivity index (χ1v) is 53.3. The zero-order valence-electron chi connectivity index (χ0n) is 75.6. The maximum Gasteiger partial charge on any atom is 0.141 e. The van der Waals surface area contributed by atoms with E-state index in [-0.39, 0.29) is 0 Å². The average Bonchev–Trinajstić information content (AvgIpc) is 1.33. The molecule has 8 aromatic rings. The molecule has 2 heterocycles. The number of benzene rings is 6. The molecule has 0 atom stereocenters. The summed E-state index contributed by atoms with van der Waals surface area (Å²) >= 11 is 11.5. The van der Waals surface area contributed by atoms with Crippen molar-refractivity contribution in [3.63, 3.8) is 0 Å². The minimum Gasteiger partial charge on any atom is -0.376 e. The van der Waals surface area contributed by atoms with Crippen molar-refractivity contribution in [2.45, 2.75) is 450 Å². The van der Waals surface area contributed by atoms with E-state index in [9.17, 15) is 10.2 Å². The number of rotatable bonds is 72. The van der Waals surface area contributed by atoms with Crippen molar-refractivity contribution in [2.24, 2.45) is 0 Å². The summed E-state index contributed by atoms with van der Waals surface area (Å²) in [4.78, 5) is 2.26. The Morgan fingerprint density at radius 2 is 0.381 bits per heavy atom. The van der Waals surface area contributed by atoms with E-state index in [1.807, 2.05) is 0 Å². The number of thiophene rings is 2. The molecule has 118 heavy (non-hydrogen) atoms. The molecule has 0 bridgehead atoms. The lowest BCUT2D eigenvalue weighted by molar-refractivity contribution is 0.126. The van der Waals surface area contributed by atoms with Gasteiger partial charge in [-0.2, -0.15) is 0 Å². The summed E-state index contributed by atoms with van der Waals surface area (Å²) in [5, 5.41) is 28.2. The number of hydrogen-bond donors (Lipinski definition) is 2. The van der Waals surface area contributed by atoms with Gasteiger partial charge in [0.2, 0.25) is 0 Å². The fourth-order valence-corrected chi connectivity index (χ4v) is 21.8. The van der Waals surface area contributed by atoms with Crippen LogP contribution >= 0.6 is 54.5 Å². The zero-order valence-corrected chi connectivity index (χ0v) is 80.4. The summed E-state index contributed by atoms with van der Waals surface area (Å²) in [5.74, 6) is 0. The Bertz CT molecular complexity index is 3530. The van der Waals surface area contributed by atoms with E-state index in [0.29, 0.717) is 0 Å². The molecule has 2 aromatic heterocycles. The van der Waals surface area contributed by atoms with Gasteiger partial charge in [-0.3, -0.25) is 0 Å². The maximum absolute atomic E-state index is 14.1. The van der Waals surface area contributed by atoms with Gasteiger partial charge in [0.05, 0.1) is 0 Å². The van der Waals surface area contributed by atoms with Crippen LogP contribution in [0.15, 0.2) is 155 Å². The number of aryl methyl sites for hydroxylation is 4. The van der Waals surface area contributed by atoms with E-state index in [1.165, 1.54) is 417 Å². The molecule has 2 nitrogen and oxygen atoms in total. The van der Waals surface area contributed by atoms with E-state index in [4.69, 9.17) is 0 Å². The van der Waals surface area contributed by atoms with Crippen LogP contribution < -0.4 is 0 Å². The third-order valence-electron chi connectivity index (χ3n) is 26.2. The number of halogens is 2.